The van der Waals surface area contributed by atoms with Gasteiger partial charge in [-0.2, -0.15) is 0 Å². The molecular weight excluding hydrogens is 332 g/mol. The van der Waals surface area contributed by atoms with Crippen LogP contribution in [0, 0.1) is 24.7 Å². The molecule has 0 spiro atoms. The third kappa shape index (κ3) is 4.62. The molecule has 2 rings (SSSR count). The Morgan fingerprint density at radius 3 is 2.42 bits per heavy atom. The number of likely N-dealkylation sites (tertiary alicyclic amines) is 1. The van der Waals surface area contributed by atoms with Gasteiger partial charge in [0, 0.05) is 18.7 Å². The molecule has 0 radical (unpaired) electrons. The standard InChI is InChI=1S/C20H28N2O4/c1-12(2)9-17(21-18(23)15-8-6-5-7-13(15)3)19(24)22-10-14(4)16(11-22)20(25)26/h5-8,12,14,16-17H,9-11H2,1-4H3,(H,21,23)(H,25,26)/t14-,16-,17?/m1/s1. The normalized spacial score (nSPS) is 20.9. The summed E-state index contributed by atoms with van der Waals surface area (Å²) < 4.78 is 0. The predicted octanol–water partition coefficient (Wildman–Crippen LogP) is 2.32. The molecule has 1 aromatic rings. The van der Waals surface area contributed by atoms with E-state index in [1.165, 1.54) is 0 Å². The summed E-state index contributed by atoms with van der Waals surface area (Å²) in [6.07, 6.45) is 0.513. The molecule has 2 N–H and O–H groups in total. The number of nitrogens with zero attached hydrogens (tertiary/aromatic N) is 1. The summed E-state index contributed by atoms with van der Waals surface area (Å²) in [5.74, 6) is -1.78. The molecule has 0 bridgehead atoms. The molecule has 1 fully saturated rings. The number of carboxylic acid groups (broad SMARTS) is 1. The first kappa shape index (κ1) is 19.9. The number of aliphatic carboxylic acids is 1. The second-order valence-corrected chi connectivity index (χ2v) is 7.64. The molecule has 0 saturated carbocycles. The van der Waals surface area contributed by atoms with Gasteiger partial charge in [-0.15, -0.1) is 0 Å². The van der Waals surface area contributed by atoms with Gasteiger partial charge in [0.25, 0.3) is 5.91 Å². The number of carboxylic acids is 1. The van der Waals surface area contributed by atoms with Crippen molar-refractivity contribution in [3.8, 4) is 0 Å². The van der Waals surface area contributed by atoms with Crippen LogP contribution in [0.15, 0.2) is 24.3 Å². The first-order chi connectivity index (χ1) is 12.2. The number of aryl methyl sites for hydroxylation is 1. The lowest BCUT2D eigenvalue weighted by Gasteiger charge is -2.26. The van der Waals surface area contributed by atoms with Crippen molar-refractivity contribution in [3.63, 3.8) is 0 Å². The zero-order chi connectivity index (χ0) is 19.4. The molecule has 1 aliphatic heterocycles. The monoisotopic (exact) mass is 360 g/mol. The minimum absolute atomic E-state index is 0.0942. The van der Waals surface area contributed by atoms with Crippen molar-refractivity contribution in [2.24, 2.45) is 17.8 Å². The number of hydrogen-bond acceptors (Lipinski definition) is 3. The molecule has 2 amide bonds. The van der Waals surface area contributed by atoms with Crippen LogP contribution in [-0.4, -0.2) is 46.9 Å². The highest BCUT2D eigenvalue weighted by Crippen LogP contribution is 2.24. The van der Waals surface area contributed by atoms with Crippen molar-refractivity contribution >= 4 is 17.8 Å². The number of rotatable bonds is 6. The number of benzene rings is 1. The van der Waals surface area contributed by atoms with Crippen molar-refractivity contribution in [2.75, 3.05) is 13.1 Å². The lowest BCUT2D eigenvalue weighted by atomic mass is 9.99. The van der Waals surface area contributed by atoms with E-state index in [1.807, 2.05) is 39.8 Å². The number of nitrogens with one attached hydrogen (secondary N) is 1. The summed E-state index contributed by atoms with van der Waals surface area (Å²) in [5, 5.41) is 12.1. The highest BCUT2D eigenvalue weighted by molar-refractivity contribution is 5.98. The molecule has 0 aromatic heterocycles. The zero-order valence-electron chi connectivity index (χ0n) is 15.9. The fraction of sp³-hybridized carbons (Fsp3) is 0.550. The molecular formula is C20H28N2O4. The van der Waals surface area contributed by atoms with Gasteiger partial charge in [0.05, 0.1) is 5.92 Å². The van der Waals surface area contributed by atoms with E-state index in [9.17, 15) is 19.5 Å². The van der Waals surface area contributed by atoms with Gasteiger partial charge in [0.1, 0.15) is 6.04 Å². The van der Waals surface area contributed by atoms with Crippen molar-refractivity contribution in [1.29, 1.82) is 0 Å². The van der Waals surface area contributed by atoms with Crippen LogP contribution < -0.4 is 5.32 Å². The molecule has 1 heterocycles. The Bertz CT molecular complexity index is 686. The van der Waals surface area contributed by atoms with Gasteiger partial charge in [0.15, 0.2) is 0 Å². The highest BCUT2D eigenvalue weighted by atomic mass is 16.4. The van der Waals surface area contributed by atoms with Crippen molar-refractivity contribution in [1.82, 2.24) is 10.2 Å². The van der Waals surface area contributed by atoms with Gasteiger partial charge in [0.2, 0.25) is 5.91 Å². The van der Waals surface area contributed by atoms with E-state index < -0.39 is 17.9 Å². The van der Waals surface area contributed by atoms with Crippen molar-refractivity contribution in [3.05, 3.63) is 35.4 Å². The molecule has 1 aliphatic rings. The van der Waals surface area contributed by atoms with Crippen LogP contribution in [0.2, 0.25) is 0 Å². The molecule has 0 aliphatic carbocycles. The van der Waals surface area contributed by atoms with Gasteiger partial charge in [-0.3, -0.25) is 14.4 Å². The Balaban J connectivity index is 2.14. The van der Waals surface area contributed by atoms with E-state index in [0.29, 0.717) is 18.5 Å². The first-order valence-corrected chi connectivity index (χ1v) is 9.08. The minimum Gasteiger partial charge on any atom is -0.481 e. The summed E-state index contributed by atoms with van der Waals surface area (Å²) in [7, 11) is 0. The SMILES string of the molecule is Cc1ccccc1C(=O)NC(CC(C)C)C(=O)N1C[C@@H](C)[C@H](C(=O)O)C1. The smallest absolute Gasteiger partial charge is 0.308 e. The van der Waals surface area contributed by atoms with Crippen LogP contribution in [-0.2, 0) is 9.59 Å². The zero-order valence-corrected chi connectivity index (χ0v) is 15.9. The summed E-state index contributed by atoms with van der Waals surface area (Å²) in [4.78, 5) is 38.5. The Labute approximate surface area is 154 Å². The van der Waals surface area contributed by atoms with Gasteiger partial charge < -0.3 is 15.3 Å². The van der Waals surface area contributed by atoms with E-state index >= 15 is 0 Å². The maximum atomic E-state index is 13.0. The molecule has 1 saturated heterocycles. The second kappa shape index (κ2) is 8.34. The topological polar surface area (TPSA) is 86.7 Å². The number of hydrogen-bond donors (Lipinski definition) is 2. The summed E-state index contributed by atoms with van der Waals surface area (Å²) in [5.41, 5.74) is 1.40. The van der Waals surface area contributed by atoms with E-state index in [1.54, 1.807) is 17.0 Å². The molecule has 3 atom stereocenters. The second-order valence-electron chi connectivity index (χ2n) is 7.64. The lowest BCUT2D eigenvalue weighted by molar-refractivity contribution is -0.142. The van der Waals surface area contributed by atoms with Crippen molar-refractivity contribution < 1.29 is 19.5 Å². The van der Waals surface area contributed by atoms with Crippen LogP contribution in [0.25, 0.3) is 0 Å². The van der Waals surface area contributed by atoms with E-state index in [2.05, 4.69) is 5.32 Å². The molecule has 6 nitrogen and oxygen atoms in total. The third-order valence-electron chi connectivity index (χ3n) is 4.94. The van der Waals surface area contributed by atoms with Gasteiger partial charge >= 0.3 is 5.97 Å². The number of carbonyl (C=O) groups excluding carboxylic acids is 2. The average molecular weight is 360 g/mol. The fourth-order valence-electron chi connectivity index (χ4n) is 3.45. The molecule has 1 aromatic carbocycles. The highest BCUT2D eigenvalue weighted by Gasteiger charge is 2.39. The molecule has 6 heteroatoms. The van der Waals surface area contributed by atoms with Gasteiger partial charge in [-0.05, 0) is 36.8 Å². The molecule has 142 valence electrons. The number of amides is 2. The lowest BCUT2D eigenvalue weighted by Crippen LogP contribution is -2.48. The van der Waals surface area contributed by atoms with Crippen LogP contribution >= 0.6 is 0 Å². The van der Waals surface area contributed by atoms with Crippen LogP contribution in [0.3, 0.4) is 0 Å². The van der Waals surface area contributed by atoms with Crippen LogP contribution in [0.4, 0.5) is 0 Å². The predicted molar refractivity (Wildman–Crippen MR) is 98.8 cm³/mol. The third-order valence-corrected chi connectivity index (χ3v) is 4.94. The summed E-state index contributed by atoms with van der Waals surface area (Å²) in [6.45, 7) is 8.29. The fourth-order valence-corrected chi connectivity index (χ4v) is 3.45. The summed E-state index contributed by atoms with van der Waals surface area (Å²) in [6, 6.07) is 6.59. The van der Waals surface area contributed by atoms with E-state index in [-0.39, 0.29) is 30.2 Å². The van der Waals surface area contributed by atoms with Crippen LogP contribution in [0.5, 0.6) is 0 Å². The quantitative estimate of drug-likeness (QED) is 0.815. The Morgan fingerprint density at radius 2 is 1.88 bits per heavy atom. The van der Waals surface area contributed by atoms with Crippen LogP contribution in [0.1, 0.15) is 43.1 Å². The van der Waals surface area contributed by atoms with Gasteiger partial charge in [-0.25, -0.2) is 0 Å². The van der Waals surface area contributed by atoms with Gasteiger partial charge in [-0.1, -0.05) is 39.0 Å². The minimum atomic E-state index is -0.878. The van der Waals surface area contributed by atoms with E-state index in [4.69, 9.17) is 0 Å². The summed E-state index contributed by atoms with van der Waals surface area (Å²) >= 11 is 0. The van der Waals surface area contributed by atoms with E-state index in [0.717, 1.165) is 5.56 Å². The Kier molecular flexibility index (Phi) is 6.40. The Morgan fingerprint density at radius 1 is 1.23 bits per heavy atom. The largest absolute Gasteiger partial charge is 0.481 e. The molecule has 1 unspecified atom stereocenters. The first-order valence-electron chi connectivity index (χ1n) is 9.08. The maximum absolute atomic E-state index is 13.0. The molecule has 26 heavy (non-hydrogen) atoms. The number of carbonyl (C=O) groups is 3. The maximum Gasteiger partial charge on any atom is 0.308 e. The van der Waals surface area contributed by atoms with Crippen molar-refractivity contribution in [2.45, 2.75) is 40.2 Å². The average Bonchev–Trinajstić information content (AvgIpc) is 2.95. The Hall–Kier alpha value is -2.37.